The number of piperidine rings is 1. The molecular weight excluding hydrogens is 298 g/mol. The van der Waals surface area contributed by atoms with Crippen LogP contribution in [0.2, 0.25) is 0 Å². The molecule has 4 rings (SSSR count). The summed E-state index contributed by atoms with van der Waals surface area (Å²) in [4.78, 5) is 13.3. The molecule has 0 radical (unpaired) electrons. The van der Waals surface area contributed by atoms with E-state index in [1.165, 1.54) is 0 Å². The molecule has 3 unspecified atom stereocenters. The van der Waals surface area contributed by atoms with Crippen LogP contribution in [0.1, 0.15) is 30.9 Å². The van der Waals surface area contributed by atoms with Crippen molar-refractivity contribution in [1.29, 1.82) is 0 Å². The van der Waals surface area contributed by atoms with E-state index >= 15 is 0 Å². The predicted molar refractivity (Wildman–Crippen MR) is 93.7 cm³/mol. The third-order valence-corrected chi connectivity index (χ3v) is 5.71. The van der Waals surface area contributed by atoms with Crippen LogP contribution in [0.25, 0.3) is 0 Å². The first-order valence-electron chi connectivity index (χ1n) is 8.75. The van der Waals surface area contributed by atoms with E-state index in [1.807, 2.05) is 67.6 Å². The number of ether oxygens (including phenoxy) is 1. The molecule has 2 aliphatic rings. The average Bonchev–Trinajstić information content (AvgIpc) is 3.21. The van der Waals surface area contributed by atoms with Gasteiger partial charge in [0.2, 0.25) is 0 Å². The zero-order chi connectivity index (χ0) is 16.6. The quantitative estimate of drug-likeness (QED) is 0.878. The summed E-state index contributed by atoms with van der Waals surface area (Å²) in [5.41, 5.74) is 1.16. The van der Waals surface area contributed by atoms with E-state index < -0.39 is 5.41 Å². The summed E-state index contributed by atoms with van der Waals surface area (Å²) in [5.74, 6) is 0.320. The van der Waals surface area contributed by atoms with Crippen molar-refractivity contribution in [3.05, 3.63) is 71.8 Å². The van der Waals surface area contributed by atoms with E-state index in [0.717, 1.165) is 30.5 Å². The minimum absolute atomic E-state index is 0.0178. The molecule has 2 bridgehead atoms. The van der Waals surface area contributed by atoms with E-state index in [4.69, 9.17) is 4.74 Å². The second kappa shape index (κ2) is 6.06. The molecule has 3 heteroatoms. The number of carbonyl (C=O) groups excluding carboxylic acids is 1. The fourth-order valence-corrected chi connectivity index (χ4v) is 4.16. The van der Waals surface area contributed by atoms with Crippen LogP contribution in [0.15, 0.2) is 60.7 Å². The van der Waals surface area contributed by atoms with Gasteiger partial charge in [0.05, 0.1) is 0 Å². The maximum absolute atomic E-state index is 13.3. The number of hydrogen-bond donors (Lipinski definition) is 1. The van der Waals surface area contributed by atoms with Crippen LogP contribution in [-0.4, -0.2) is 24.7 Å². The highest BCUT2D eigenvalue weighted by Crippen LogP contribution is 2.38. The van der Waals surface area contributed by atoms with Crippen molar-refractivity contribution in [2.75, 3.05) is 6.54 Å². The van der Waals surface area contributed by atoms with Crippen LogP contribution in [0.4, 0.5) is 0 Å². The third kappa shape index (κ3) is 2.44. The fraction of sp³-hybridized carbons (Fsp3) is 0.381. The van der Waals surface area contributed by atoms with Crippen molar-refractivity contribution in [2.24, 2.45) is 5.92 Å². The van der Waals surface area contributed by atoms with Gasteiger partial charge in [-0.15, -0.1) is 0 Å². The molecule has 2 aromatic carbocycles. The van der Waals surface area contributed by atoms with Crippen LogP contribution >= 0.6 is 0 Å². The number of nitrogens with one attached hydrogen (secondary N) is 1. The normalized spacial score (nSPS) is 25.6. The van der Waals surface area contributed by atoms with Gasteiger partial charge in [0, 0.05) is 18.5 Å². The predicted octanol–water partition coefficient (Wildman–Crippen LogP) is 3.29. The maximum atomic E-state index is 13.3. The molecule has 0 spiro atoms. The summed E-state index contributed by atoms with van der Waals surface area (Å²) in [6.07, 6.45) is 2.28. The Bertz CT molecular complexity index is 654. The van der Waals surface area contributed by atoms with Crippen LogP contribution in [0, 0.1) is 5.92 Å². The number of carbonyl (C=O) groups is 1. The summed E-state index contributed by atoms with van der Waals surface area (Å²) >= 11 is 0. The molecule has 3 atom stereocenters. The molecule has 1 N–H and O–H groups in total. The van der Waals surface area contributed by atoms with Gasteiger partial charge in [-0.2, -0.15) is 0 Å². The van der Waals surface area contributed by atoms with Gasteiger partial charge in [-0.25, -0.2) is 0 Å². The first-order valence-corrected chi connectivity index (χ1v) is 8.75. The summed E-state index contributed by atoms with van der Waals surface area (Å²) in [6, 6.07) is 20.2. The Morgan fingerprint density at radius 3 is 2.00 bits per heavy atom. The molecule has 3 nitrogen and oxygen atoms in total. The lowest BCUT2D eigenvalue weighted by molar-refractivity contribution is -0.155. The van der Waals surface area contributed by atoms with Crippen molar-refractivity contribution in [1.82, 2.24) is 5.32 Å². The monoisotopic (exact) mass is 321 g/mol. The molecule has 124 valence electrons. The van der Waals surface area contributed by atoms with Gasteiger partial charge in [-0.05, 0) is 30.9 Å². The van der Waals surface area contributed by atoms with Crippen LogP contribution in [0.3, 0.4) is 0 Å². The Balaban J connectivity index is 1.69. The standard InChI is InChI=1S/C21H23NO2/c1-21(16-8-4-2-5-9-16,17-10-6-3-7-11-17)20(23)24-19-15-12-13-18(19)22-14-15/h2-11,15,18-19,22H,12-14H2,1H3. The van der Waals surface area contributed by atoms with Gasteiger partial charge in [0.1, 0.15) is 11.5 Å². The van der Waals surface area contributed by atoms with Crippen molar-refractivity contribution in [2.45, 2.75) is 37.3 Å². The fourth-order valence-electron chi connectivity index (χ4n) is 4.16. The first kappa shape index (κ1) is 15.4. The van der Waals surface area contributed by atoms with E-state index in [9.17, 15) is 4.79 Å². The number of fused-ring (bicyclic) bond motifs is 2. The first-order chi connectivity index (χ1) is 11.7. The molecule has 1 saturated heterocycles. The van der Waals surface area contributed by atoms with E-state index in [-0.39, 0.29) is 12.1 Å². The summed E-state index contributed by atoms with van der Waals surface area (Å²) in [6.45, 7) is 2.94. The van der Waals surface area contributed by atoms with E-state index in [2.05, 4.69) is 5.32 Å². The van der Waals surface area contributed by atoms with Crippen molar-refractivity contribution in [3.8, 4) is 0 Å². The van der Waals surface area contributed by atoms with E-state index in [1.54, 1.807) is 0 Å². The topological polar surface area (TPSA) is 38.3 Å². The van der Waals surface area contributed by atoms with Gasteiger partial charge < -0.3 is 10.1 Å². The zero-order valence-electron chi connectivity index (χ0n) is 13.9. The Labute approximate surface area is 143 Å². The van der Waals surface area contributed by atoms with Crippen LogP contribution in [0.5, 0.6) is 0 Å². The van der Waals surface area contributed by atoms with Crippen molar-refractivity contribution >= 4 is 5.97 Å². The molecule has 1 aliphatic carbocycles. The minimum Gasteiger partial charge on any atom is -0.459 e. The lowest BCUT2D eigenvalue weighted by Crippen LogP contribution is -2.40. The molecule has 1 heterocycles. The summed E-state index contributed by atoms with van der Waals surface area (Å²) in [5, 5.41) is 3.47. The minimum atomic E-state index is -0.787. The van der Waals surface area contributed by atoms with Crippen LogP contribution < -0.4 is 5.32 Å². The third-order valence-electron chi connectivity index (χ3n) is 5.71. The average molecular weight is 321 g/mol. The highest BCUT2D eigenvalue weighted by atomic mass is 16.5. The molecule has 0 amide bonds. The molecular formula is C21H23NO2. The second-order valence-corrected chi connectivity index (χ2v) is 7.08. The molecule has 1 aliphatic heterocycles. The maximum Gasteiger partial charge on any atom is 0.321 e. The zero-order valence-corrected chi connectivity index (χ0v) is 13.9. The smallest absolute Gasteiger partial charge is 0.321 e. The van der Waals surface area contributed by atoms with Crippen molar-refractivity contribution < 1.29 is 9.53 Å². The highest BCUT2D eigenvalue weighted by Gasteiger charge is 2.47. The Hall–Kier alpha value is -2.13. The van der Waals surface area contributed by atoms with Crippen LogP contribution in [-0.2, 0) is 14.9 Å². The second-order valence-electron chi connectivity index (χ2n) is 7.08. The number of rotatable bonds is 4. The lowest BCUT2D eigenvalue weighted by Gasteiger charge is -2.31. The number of hydrogen-bond acceptors (Lipinski definition) is 3. The van der Waals surface area contributed by atoms with E-state index in [0.29, 0.717) is 12.0 Å². The Morgan fingerprint density at radius 1 is 1.00 bits per heavy atom. The SMILES string of the molecule is CC(C(=O)OC1C2CCC1NC2)(c1ccccc1)c1ccccc1. The number of esters is 1. The van der Waals surface area contributed by atoms with Gasteiger partial charge >= 0.3 is 5.97 Å². The van der Waals surface area contributed by atoms with Gasteiger partial charge in [-0.3, -0.25) is 4.79 Å². The number of benzene rings is 2. The van der Waals surface area contributed by atoms with Crippen molar-refractivity contribution in [3.63, 3.8) is 0 Å². The Morgan fingerprint density at radius 2 is 1.58 bits per heavy atom. The molecule has 1 saturated carbocycles. The molecule has 0 aromatic heterocycles. The van der Waals surface area contributed by atoms with Gasteiger partial charge in [-0.1, -0.05) is 60.7 Å². The Kier molecular flexibility index (Phi) is 3.89. The lowest BCUT2D eigenvalue weighted by atomic mass is 9.76. The molecule has 2 fully saturated rings. The highest BCUT2D eigenvalue weighted by molar-refractivity contribution is 5.87. The van der Waals surface area contributed by atoms with Gasteiger partial charge in [0.25, 0.3) is 0 Å². The molecule has 2 aromatic rings. The largest absolute Gasteiger partial charge is 0.459 e. The molecule has 24 heavy (non-hydrogen) atoms. The van der Waals surface area contributed by atoms with Gasteiger partial charge in [0.15, 0.2) is 0 Å². The summed E-state index contributed by atoms with van der Waals surface area (Å²) < 4.78 is 6.07. The summed E-state index contributed by atoms with van der Waals surface area (Å²) in [7, 11) is 0.